The van der Waals surface area contributed by atoms with Crippen LogP contribution >= 0.6 is 0 Å². The molecule has 1 atom stereocenters. The number of nitrogens with two attached hydrogens (primary N) is 1. The van der Waals surface area contributed by atoms with Crippen LogP contribution in [0.15, 0.2) is 6.20 Å². The van der Waals surface area contributed by atoms with Gasteiger partial charge in [-0.3, -0.25) is 0 Å². The van der Waals surface area contributed by atoms with Crippen LogP contribution in [0.2, 0.25) is 0 Å². The molecule has 0 spiro atoms. The maximum atomic E-state index is 5.80. The van der Waals surface area contributed by atoms with Gasteiger partial charge in [0.05, 0.1) is 0 Å². The standard InChI is InChI=1S/C12H21N3/c1-9(13)7-12-14-8-11(15(12)2)10-5-3-4-6-10/h8-10H,3-7,13H2,1-2H3. The van der Waals surface area contributed by atoms with Crippen LogP contribution in [0.5, 0.6) is 0 Å². The van der Waals surface area contributed by atoms with Crippen molar-refractivity contribution in [3.05, 3.63) is 17.7 Å². The Morgan fingerprint density at radius 1 is 1.53 bits per heavy atom. The van der Waals surface area contributed by atoms with Crippen LogP contribution in [-0.2, 0) is 13.5 Å². The highest BCUT2D eigenvalue weighted by Crippen LogP contribution is 2.33. The zero-order valence-corrected chi connectivity index (χ0v) is 9.74. The van der Waals surface area contributed by atoms with Gasteiger partial charge in [-0.15, -0.1) is 0 Å². The van der Waals surface area contributed by atoms with E-state index in [1.165, 1.54) is 31.4 Å². The van der Waals surface area contributed by atoms with Gasteiger partial charge in [0.1, 0.15) is 5.82 Å². The topological polar surface area (TPSA) is 43.8 Å². The zero-order valence-electron chi connectivity index (χ0n) is 9.74. The zero-order chi connectivity index (χ0) is 10.8. The van der Waals surface area contributed by atoms with Gasteiger partial charge < -0.3 is 10.3 Å². The Bertz CT molecular complexity index is 322. The smallest absolute Gasteiger partial charge is 0.110 e. The molecule has 1 unspecified atom stereocenters. The minimum atomic E-state index is 0.197. The maximum absolute atomic E-state index is 5.80. The fourth-order valence-electron chi connectivity index (χ4n) is 2.54. The molecule has 84 valence electrons. The van der Waals surface area contributed by atoms with Gasteiger partial charge in [0.15, 0.2) is 0 Å². The lowest BCUT2D eigenvalue weighted by molar-refractivity contribution is 0.619. The highest BCUT2D eigenvalue weighted by Gasteiger charge is 2.21. The SMILES string of the molecule is CC(N)Cc1ncc(C2CCCC2)n1C. The van der Waals surface area contributed by atoms with Gasteiger partial charge in [-0.1, -0.05) is 12.8 Å². The number of hydrogen-bond acceptors (Lipinski definition) is 2. The second-order valence-corrected chi connectivity index (χ2v) is 4.82. The molecule has 0 aromatic carbocycles. The van der Waals surface area contributed by atoms with Crippen LogP contribution in [0.1, 0.15) is 50.0 Å². The summed E-state index contributed by atoms with van der Waals surface area (Å²) in [6, 6.07) is 0.197. The molecule has 1 aliphatic carbocycles. The van der Waals surface area contributed by atoms with Crippen molar-refractivity contribution in [1.82, 2.24) is 9.55 Å². The van der Waals surface area contributed by atoms with Gasteiger partial charge in [-0.25, -0.2) is 4.98 Å². The largest absolute Gasteiger partial charge is 0.335 e. The molecule has 15 heavy (non-hydrogen) atoms. The van der Waals surface area contributed by atoms with E-state index in [9.17, 15) is 0 Å². The number of imidazole rings is 1. The van der Waals surface area contributed by atoms with Crippen LogP contribution in [0, 0.1) is 0 Å². The molecule has 2 rings (SSSR count). The summed E-state index contributed by atoms with van der Waals surface area (Å²) in [4.78, 5) is 4.48. The summed E-state index contributed by atoms with van der Waals surface area (Å²) in [6.45, 7) is 2.03. The van der Waals surface area contributed by atoms with Crippen LogP contribution in [0.3, 0.4) is 0 Å². The van der Waals surface area contributed by atoms with E-state index in [4.69, 9.17) is 5.73 Å². The number of rotatable bonds is 3. The molecule has 0 amide bonds. The predicted octanol–water partition coefficient (Wildman–Crippen LogP) is 1.97. The molecule has 3 heteroatoms. The highest BCUT2D eigenvalue weighted by molar-refractivity contribution is 5.12. The minimum Gasteiger partial charge on any atom is -0.335 e. The third kappa shape index (κ3) is 2.23. The van der Waals surface area contributed by atoms with Crippen LogP contribution in [0.4, 0.5) is 0 Å². The van der Waals surface area contributed by atoms with E-state index in [1.807, 2.05) is 13.1 Å². The van der Waals surface area contributed by atoms with Crippen molar-refractivity contribution in [3.8, 4) is 0 Å². The third-order valence-electron chi connectivity index (χ3n) is 3.40. The molecule has 0 radical (unpaired) electrons. The first-order valence-electron chi connectivity index (χ1n) is 5.94. The molecule has 1 aromatic rings. The van der Waals surface area contributed by atoms with E-state index in [-0.39, 0.29) is 6.04 Å². The molecule has 1 fully saturated rings. The van der Waals surface area contributed by atoms with Crippen LogP contribution in [-0.4, -0.2) is 15.6 Å². The van der Waals surface area contributed by atoms with Crippen molar-refractivity contribution in [2.45, 2.75) is 51.0 Å². The lowest BCUT2D eigenvalue weighted by Gasteiger charge is -2.12. The van der Waals surface area contributed by atoms with Crippen molar-refractivity contribution >= 4 is 0 Å². The van der Waals surface area contributed by atoms with Gasteiger partial charge in [0.25, 0.3) is 0 Å². The predicted molar refractivity (Wildman–Crippen MR) is 61.8 cm³/mol. The number of nitrogens with zero attached hydrogens (tertiary/aromatic N) is 2. The Kier molecular flexibility index (Phi) is 3.10. The summed E-state index contributed by atoms with van der Waals surface area (Å²) >= 11 is 0. The van der Waals surface area contributed by atoms with Crippen LogP contribution in [0.25, 0.3) is 0 Å². The van der Waals surface area contributed by atoms with E-state index in [0.29, 0.717) is 0 Å². The van der Waals surface area contributed by atoms with E-state index in [0.717, 1.165) is 18.2 Å². The number of aromatic nitrogens is 2. The lowest BCUT2D eigenvalue weighted by Crippen LogP contribution is -2.20. The Balaban J connectivity index is 2.15. The summed E-state index contributed by atoms with van der Waals surface area (Å²) in [7, 11) is 2.12. The fraction of sp³-hybridized carbons (Fsp3) is 0.750. The Morgan fingerprint density at radius 3 is 2.80 bits per heavy atom. The number of hydrogen-bond donors (Lipinski definition) is 1. The lowest BCUT2D eigenvalue weighted by atomic mass is 10.1. The molecular formula is C12H21N3. The molecule has 1 aliphatic rings. The summed E-state index contributed by atoms with van der Waals surface area (Å²) in [5.74, 6) is 1.87. The molecular weight excluding hydrogens is 186 g/mol. The second-order valence-electron chi connectivity index (χ2n) is 4.82. The van der Waals surface area contributed by atoms with Gasteiger partial charge >= 0.3 is 0 Å². The molecule has 0 saturated heterocycles. The van der Waals surface area contributed by atoms with E-state index >= 15 is 0 Å². The Labute approximate surface area is 91.7 Å². The normalized spacial score (nSPS) is 19.7. The first-order chi connectivity index (χ1) is 7.18. The molecule has 1 saturated carbocycles. The molecule has 0 aliphatic heterocycles. The van der Waals surface area contributed by atoms with Gasteiger partial charge in [-0.2, -0.15) is 0 Å². The molecule has 1 aromatic heterocycles. The maximum Gasteiger partial charge on any atom is 0.110 e. The van der Waals surface area contributed by atoms with Crippen molar-refractivity contribution < 1.29 is 0 Å². The van der Waals surface area contributed by atoms with Crippen molar-refractivity contribution in [3.63, 3.8) is 0 Å². The van der Waals surface area contributed by atoms with Gasteiger partial charge in [0.2, 0.25) is 0 Å². The molecule has 3 nitrogen and oxygen atoms in total. The van der Waals surface area contributed by atoms with Crippen LogP contribution < -0.4 is 5.73 Å². The summed E-state index contributed by atoms with van der Waals surface area (Å²) < 4.78 is 2.25. The first kappa shape index (κ1) is 10.7. The molecule has 0 bridgehead atoms. The van der Waals surface area contributed by atoms with E-state index in [2.05, 4.69) is 16.6 Å². The monoisotopic (exact) mass is 207 g/mol. The van der Waals surface area contributed by atoms with Gasteiger partial charge in [-0.05, 0) is 19.8 Å². The van der Waals surface area contributed by atoms with Crippen molar-refractivity contribution in [1.29, 1.82) is 0 Å². The summed E-state index contributed by atoms with van der Waals surface area (Å²) in [6.07, 6.45) is 8.34. The van der Waals surface area contributed by atoms with E-state index < -0.39 is 0 Å². The fourth-order valence-corrected chi connectivity index (χ4v) is 2.54. The Morgan fingerprint density at radius 2 is 2.20 bits per heavy atom. The second kappa shape index (κ2) is 4.35. The first-order valence-corrected chi connectivity index (χ1v) is 5.94. The summed E-state index contributed by atoms with van der Waals surface area (Å²) in [5.41, 5.74) is 7.21. The minimum absolute atomic E-state index is 0.197. The molecule has 1 heterocycles. The molecule has 2 N–H and O–H groups in total. The van der Waals surface area contributed by atoms with Crippen molar-refractivity contribution in [2.75, 3.05) is 0 Å². The third-order valence-corrected chi connectivity index (χ3v) is 3.40. The summed E-state index contributed by atoms with van der Waals surface area (Å²) in [5, 5.41) is 0. The average molecular weight is 207 g/mol. The Hall–Kier alpha value is -0.830. The highest BCUT2D eigenvalue weighted by atomic mass is 15.1. The van der Waals surface area contributed by atoms with Crippen molar-refractivity contribution in [2.24, 2.45) is 12.8 Å². The van der Waals surface area contributed by atoms with E-state index in [1.54, 1.807) is 0 Å². The average Bonchev–Trinajstić information content (AvgIpc) is 2.76. The van der Waals surface area contributed by atoms with Gasteiger partial charge in [0, 0.05) is 37.3 Å². The quantitative estimate of drug-likeness (QED) is 0.823.